The van der Waals surface area contributed by atoms with Crippen LogP contribution in [0.4, 0.5) is 0 Å². The lowest BCUT2D eigenvalue weighted by molar-refractivity contribution is 1.05. The molecular formula is C20H25N. The zero-order valence-corrected chi connectivity index (χ0v) is 13.6. The Morgan fingerprint density at radius 1 is 1.05 bits per heavy atom. The summed E-state index contributed by atoms with van der Waals surface area (Å²) in [6.45, 7) is 16.0. The van der Waals surface area contributed by atoms with Crippen LogP contribution in [0.2, 0.25) is 0 Å². The molecule has 0 radical (unpaired) electrons. The number of allylic oxidation sites excluding steroid dienone is 6. The standard InChI is InChI=1S/C20H25N/c1-7-13-16(10-4)21-19(11-5)17(14-8-2)18(15-9-3)20(21)12-6/h7-15H,2,6H2,1,3-5H3/b13-7-,15-9-,16-10+,17-14-,19-11+. The lowest BCUT2D eigenvalue weighted by Crippen LogP contribution is -2.29. The van der Waals surface area contributed by atoms with Crippen LogP contribution >= 0.6 is 0 Å². The zero-order valence-electron chi connectivity index (χ0n) is 13.6. The summed E-state index contributed by atoms with van der Waals surface area (Å²) in [4.78, 5) is 0. The van der Waals surface area contributed by atoms with Gasteiger partial charge in [-0.25, -0.2) is 0 Å². The van der Waals surface area contributed by atoms with Crippen LogP contribution in [0.5, 0.6) is 0 Å². The molecule has 0 saturated heterocycles. The topological polar surface area (TPSA) is 4.93 Å². The van der Waals surface area contributed by atoms with Gasteiger partial charge in [-0.3, -0.25) is 0 Å². The van der Waals surface area contributed by atoms with Crippen LogP contribution in [0.3, 0.4) is 0 Å². The van der Waals surface area contributed by atoms with Gasteiger partial charge in [0.25, 0.3) is 0 Å². The normalized spacial score (nSPS) is 14.6. The largest absolute Gasteiger partial charge is 0.310 e. The van der Waals surface area contributed by atoms with Gasteiger partial charge in [0.05, 0.1) is 5.69 Å². The fourth-order valence-corrected chi connectivity index (χ4v) is 2.52. The van der Waals surface area contributed by atoms with Gasteiger partial charge in [-0.15, -0.1) is 0 Å². The van der Waals surface area contributed by atoms with E-state index in [1.54, 1.807) is 0 Å². The highest BCUT2D eigenvalue weighted by Gasteiger charge is 2.11. The van der Waals surface area contributed by atoms with E-state index in [-0.39, 0.29) is 0 Å². The number of nitrogens with zero attached hydrogens (tertiary/aromatic N) is 1. The second-order valence-electron chi connectivity index (χ2n) is 4.54. The molecule has 0 aliphatic rings. The Morgan fingerprint density at radius 2 is 1.76 bits per heavy atom. The van der Waals surface area contributed by atoms with Gasteiger partial charge in [0, 0.05) is 21.8 Å². The molecule has 110 valence electrons. The molecule has 0 unspecified atom stereocenters. The van der Waals surface area contributed by atoms with E-state index in [0.29, 0.717) is 0 Å². The van der Waals surface area contributed by atoms with Crippen molar-refractivity contribution in [2.24, 2.45) is 0 Å². The summed E-state index contributed by atoms with van der Waals surface area (Å²) in [5.41, 5.74) is 3.40. The molecule has 0 bridgehead atoms. The monoisotopic (exact) mass is 279 g/mol. The van der Waals surface area contributed by atoms with Crippen molar-refractivity contribution in [1.82, 2.24) is 4.57 Å². The van der Waals surface area contributed by atoms with Gasteiger partial charge in [0.1, 0.15) is 0 Å². The van der Waals surface area contributed by atoms with Gasteiger partial charge in [-0.05, 0) is 39.8 Å². The van der Waals surface area contributed by atoms with Crippen molar-refractivity contribution in [3.05, 3.63) is 65.4 Å². The van der Waals surface area contributed by atoms with Crippen molar-refractivity contribution in [3.8, 4) is 0 Å². The summed E-state index contributed by atoms with van der Waals surface area (Å²) < 4.78 is 2.23. The van der Waals surface area contributed by atoms with Gasteiger partial charge in [-0.1, -0.05) is 55.7 Å². The summed E-state index contributed by atoms with van der Waals surface area (Å²) in [6.07, 6.45) is 18.4. The van der Waals surface area contributed by atoms with E-state index in [1.165, 1.54) is 10.8 Å². The van der Waals surface area contributed by atoms with Crippen molar-refractivity contribution >= 4 is 30.0 Å². The summed E-state index contributed by atoms with van der Waals surface area (Å²) in [6, 6.07) is 0. The van der Waals surface area contributed by atoms with Crippen molar-refractivity contribution in [1.29, 1.82) is 0 Å². The van der Waals surface area contributed by atoms with Gasteiger partial charge < -0.3 is 4.57 Å². The third-order valence-corrected chi connectivity index (χ3v) is 3.30. The van der Waals surface area contributed by atoms with Crippen molar-refractivity contribution in [3.63, 3.8) is 0 Å². The molecule has 1 nitrogen and oxygen atoms in total. The first-order chi connectivity index (χ1) is 10.2. The smallest absolute Gasteiger partial charge is 0.0534 e. The molecule has 1 aromatic rings. The molecule has 0 saturated carbocycles. The first-order valence-corrected chi connectivity index (χ1v) is 7.28. The maximum Gasteiger partial charge on any atom is 0.0534 e. The van der Waals surface area contributed by atoms with Gasteiger partial charge >= 0.3 is 0 Å². The fraction of sp³-hybridized carbons (Fsp3) is 0.200. The van der Waals surface area contributed by atoms with E-state index in [2.05, 4.69) is 61.1 Å². The highest BCUT2D eigenvalue weighted by molar-refractivity contribution is 5.72. The maximum absolute atomic E-state index is 4.00. The molecule has 0 atom stereocenters. The van der Waals surface area contributed by atoms with Crippen LogP contribution < -0.4 is 10.6 Å². The van der Waals surface area contributed by atoms with E-state index >= 15 is 0 Å². The quantitative estimate of drug-likeness (QED) is 0.705. The molecule has 0 amide bonds. The first-order valence-electron chi connectivity index (χ1n) is 7.28. The summed E-state index contributed by atoms with van der Waals surface area (Å²) in [5, 5.41) is 2.33. The van der Waals surface area contributed by atoms with Crippen molar-refractivity contribution in [2.45, 2.75) is 27.7 Å². The van der Waals surface area contributed by atoms with Gasteiger partial charge in [-0.2, -0.15) is 0 Å². The molecule has 0 N–H and O–H groups in total. The Labute approximate surface area is 128 Å². The number of rotatable bonds is 5. The summed E-state index contributed by atoms with van der Waals surface area (Å²) in [7, 11) is 0. The van der Waals surface area contributed by atoms with Crippen LogP contribution in [0.25, 0.3) is 30.0 Å². The average Bonchev–Trinajstić information content (AvgIpc) is 2.78. The van der Waals surface area contributed by atoms with Crippen molar-refractivity contribution < 1.29 is 0 Å². The Morgan fingerprint density at radius 3 is 2.19 bits per heavy atom. The lowest BCUT2D eigenvalue weighted by Gasteiger charge is -2.09. The first kappa shape index (κ1) is 16.8. The van der Waals surface area contributed by atoms with Gasteiger partial charge in [0.15, 0.2) is 0 Å². The third-order valence-electron chi connectivity index (χ3n) is 3.30. The Kier molecular flexibility index (Phi) is 6.48. The molecule has 0 aromatic carbocycles. The summed E-state index contributed by atoms with van der Waals surface area (Å²) in [5.74, 6) is 0. The van der Waals surface area contributed by atoms with Crippen LogP contribution in [-0.4, -0.2) is 4.57 Å². The highest BCUT2D eigenvalue weighted by Crippen LogP contribution is 2.14. The fourth-order valence-electron chi connectivity index (χ4n) is 2.52. The Bertz CT molecular complexity index is 719. The Hall–Kier alpha value is -2.28. The predicted octanol–water partition coefficient (Wildman–Crippen LogP) is 4.37. The molecule has 1 rings (SSSR count). The van der Waals surface area contributed by atoms with Crippen molar-refractivity contribution in [2.75, 3.05) is 0 Å². The van der Waals surface area contributed by atoms with Crippen LogP contribution in [0.15, 0.2) is 43.5 Å². The SMILES string of the molecule is C=C/C=c1/c(/C=C\C)c(C=C)n(C(/C=C\C)=C/C)/c1=C/C. The van der Waals surface area contributed by atoms with Crippen LogP contribution in [0, 0.1) is 0 Å². The predicted molar refractivity (Wildman–Crippen MR) is 98.0 cm³/mol. The van der Waals surface area contributed by atoms with E-state index < -0.39 is 0 Å². The number of aromatic nitrogens is 1. The van der Waals surface area contributed by atoms with E-state index in [9.17, 15) is 0 Å². The molecule has 0 aliphatic heterocycles. The second kappa shape index (κ2) is 8.11. The zero-order chi connectivity index (χ0) is 15.8. The average molecular weight is 279 g/mol. The summed E-state index contributed by atoms with van der Waals surface area (Å²) >= 11 is 0. The Balaban J connectivity index is 4.06. The molecule has 1 heterocycles. The minimum absolute atomic E-state index is 1.10. The van der Waals surface area contributed by atoms with Crippen LogP contribution in [0.1, 0.15) is 39.0 Å². The number of hydrogen-bond acceptors (Lipinski definition) is 0. The molecule has 1 heteroatoms. The molecular weight excluding hydrogens is 254 g/mol. The number of hydrogen-bond donors (Lipinski definition) is 0. The van der Waals surface area contributed by atoms with E-state index in [0.717, 1.165) is 16.7 Å². The minimum Gasteiger partial charge on any atom is -0.310 e. The minimum atomic E-state index is 1.10. The molecule has 0 spiro atoms. The van der Waals surface area contributed by atoms with Crippen LogP contribution in [-0.2, 0) is 0 Å². The maximum atomic E-state index is 4.00. The van der Waals surface area contributed by atoms with E-state index in [4.69, 9.17) is 0 Å². The second-order valence-corrected chi connectivity index (χ2v) is 4.54. The lowest BCUT2D eigenvalue weighted by atomic mass is 10.1. The molecule has 21 heavy (non-hydrogen) atoms. The molecule has 0 aliphatic carbocycles. The van der Waals surface area contributed by atoms with E-state index in [1.807, 2.05) is 39.0 Å². The molecule has 0 fully saturated rings. The van der Waals surface area contributed by atoms with Gasteiger partial charge in [0.2, 0.25) is 0 Å². The molecule has 1 aromatic heterocycles. The highest BCUT2D eigenvalue weighted by atomic mass is 15.0. The third kappa shape index (κ3) is 3.25.